The van der Waals surface area contributed by atoms with Crippen molar-refractivity contribution in [2.45, 2.75) is 13.1 Å². The van der Waals surface area contributed by atoms with Gasteiger partial charge < -0.3 is 5.32 Å². The highest BCUT2D eigenvalue weighted by Crippen LogP contribution is 2.29. The fourth-order valence-corrected chi connectivity index (χ4v) is 3.67. The van der Waals surface area contributed by atoms with Crippen LogP contribution in [0.25, 0.3) is 10.4 Å². The highest BCUT2D eigenvalue weighted by atomic mass is 32.1. The Kier molecular flexibility index (Phi) is 4.25. The van der Waals surface area contributed by atoms with Gasteiger partial charge in [-0.3, -0.25) is 0 Å². The van der Waals surface area contributed by atoms with Crippen molar-refractivity contribution in [2.24, 2.45) is 0 Å². The Morgan fingerprint density at radius 1 is 1.00 bits per heavy atom. The summed E-state index contributed by atoms with van der Waals surface area (Å²) in [6.45, 7) is 1.50. The van der Waals surface area contributed by atoms with Crippen molar-refractivity contribution in [2.75, 3.05) is 0 Å². The lowest BCUT2D eigenvalue weighted by Crippen LogP contribution is -2.11. The van der Waals surface area contributed by atoms with Crippen molar-refractivity contribution in [1.82, 2.24) is 5.32 Å². The van der Waals surface area contributed by atoms with E-state index in [0.717, 1.165) is 12.1 Å². The molecule has 0 bridgehead atoms. The summed E-state index contributed by atoms with van der Waals surface area (Å²) in [5, 5.41) is 7.63. The molecule has 102 valence electrons. The largest absolute Gasteiger partial charge is 0.308 e. The van der Waals surface area contributed by atoms with Crippen LogP contribution in [0.4, 0.5) is 4.39 Å². The fourth-order valence-electron chi connectivity index (χ4n) is 2.02. The topological polar surface area (TPSA) is 12.0 Å². The molecule has 0 aliphatic carbocycles. The Bertz CT molecular complexity index is 673. The van der Waals surface area contributed by atoms with Crippen molar-refractivity contribution in [3.8, 4) is 10.4 Å². The van der Waals surface area contributed by atoms with Gasteiger partial charge in [0, 0.05) is 28.4 Å². The van der Waals surface area contributed by atoms with Crippen LogP contribution in [0.15, 0.2) is 53.2 Å². The zero-order valence-electron chi connectivity index (χ0n) is 10.8. The SMILES string of the molecule is Fc1cccc(CNCc2cc(-c3cccs3)cs2)c1. The van der Waals surface area contributed by atoms with E-state index in [-0.39, 0.29) is 5.82 Å². The van der Waals surface area contributed by atoms with Crippen LogP contribution in [0.2, 0.25) is 0 Å². The standard InChI is InChI=1S/C16H14FNS2/c17-14-4-1-3-12(7-14)9-18-10-15-8-13(11-20-15)16-5-2-6-19-16/h1-8,11,18H,9-10H2. The maximum atomic E-state index is 13.1. The van der Waals surface area contributed by atoms with Gasteiger partial charge in [-0.1, -0.05) is 18.2 Å². The first-order valence-corrected chi connectivity index (χ1v) is 8.13. The van der Waals surface area contributed by atoms with E-state index < -0.39 is 0 Å². The number of hydrogen-bond acceptors (Lipinski definition) is 3. The fraction of sp³-hybridized carbons (Fsp3) is 0.125. The van der Waals surface area contributed by atoms with Gasteiger partial charge in [-0.25, -0.2) is 4.39 Å². The van der Waals surface area contributed by atoms with Crippen LogP contribution in [-0.2, 0) is 13.1 Å². The van der Waals surface area contributed by atoms with Crippen LogP contribution in [-0.4, -0.2) is 0 Å². The van der Waals surface area contributed by atoms with E-state index in [2.05, 4.69) is 34.3 Å². The molecule has 1 N–H and O–H groups in total. The van der Waals surface area contributed by atoms with E-state index in [9.17, 15) is 4.39 Å². The molecular formula is C16H14FNS2. The van der Waals surface area contributed by atoms with Gasteiger partial charge in [0.05, 0.1) is 0 Å². The number of halogens is 1. The van der Waals surface area contributed by atoms with Crippen molar-refractivity contribution in [3.63, 3.8) is 0 Å². The zero-order chi connectivity index (χ0) is 13.8. The second kappa shape index (κ2) is 6.31. The molecule has 0 amide bonds. The lowest BCUT2D eigenvalue weighted by molar-refractivity contribution is 0.620. The number of benzene rings is 1. The van der Waals surface area contributed by atoms with Crippen molar-refractivity contribution < 1.29 is 4.39 Å². The monoisotopic (exact) mass is 303 g/mol. The molecule has 4 heteroatoms. The molecule has 1 nitrogen and oxygen atoms in total. The van der Waals surface area contributed by atoms with E-state index in [1.807, 2.05) is 6.07 Å². The van der Waals surface area contributed by atoms with E-state index in [0.29, 0.717) is 6.54 Å². The quantitative estimate of drug-likeness (QED) is 0.706. The second-order valence-electron chi connectivity index (χ2n) is 4.51. The molecule has 3 aromatic rings. The molecule has 3 rings (SSSR count). The van der Waals surface area contributed by atoms with Gasteiger partial charge in [-0.15, -0.1) is 22.7 Å². The first kappa shape index (κ1) is 13.5. The molecule has 0 unspecified atom stereocenters. The summed E-state index contributed by atoms with van der Waals surface area (Å²) in [6, 6.07) is 13.1. The molecule has 1 aromatic carbocycles. The van der Waals surface area contributed by atoms with Crippen LogP contribution >= 0.6 is 22.7 Å². The zero-order valence-corrected chi connectivity index (χ0v) is 12.4. The Balaban J connectivity index is 1.57. The lowest BCUT2D eigenvalue weighted by Gasteiger charge is -2.03. The van der Waals surface area contributed by atoms with Gasteiger partial charge in [0.1, 0.15) is 5.82 Å². The molecule has 0 spiro atoms. The third-order valence-corrected chi connectivity index (χ3v) is 4.83. The molecule has 2 aromatic heterocycles. The highest BCUT2D eigenvalue weighted by Gasteiger charge is 2.03. The smallest absolute Gasteiger partial charge is 0.123 e. The van der Waals surface area contributed by atoms with Gasteiger partial charge >= 0.3 is 0 Å². The molecule has 0 aliphatic rings. The Morgan fingerprint density at radius 3 is 2.75 bits per heavy atom. The predicted octanol–water partition coefficient (Wildman–Crippen LogP) is 4.91. The van der Waals surface area contributed by atoms with Gasteiger partial charge in [-0.05, 0) is 40.6 Å². The van der Waals surface area contributed by atoms with Crippen LogP contribution in [0.1, 0.15) is 10.4 Å². The number of rotatable bonds is 5. The Hall–Kier alpha value is -1.49. The molecule has 20 heavy (non-hydrogen) atoms. The van der Waals surface area contributed by atoms with E-state index >= 15 is 0 Å². The molecule has 0 saturated carbocycles. The summed E-state index contributed by atoms with van der Waals surface area (Å²) in [5.74, 6) is -0.180. The maximum absolute atomic E-state index is 13.1. The third kappa shape index (κ3) is 3.33. The summed E-state index contributed by atoms with van der Waals surface area (Å²) in [6.07, 6.45) is 0. The van der Waals surface area contributed by atoms with Gasteiger partial charge in [0.25, 0.3) is 0 Å². The summed E-state index contributed by atoms with van der Waals surface area (Å²) >= 11 is 3.51. The average molecular weight is 303 g/mol. The van der Waals surface area contributed by atoms with Crippen LogP contribution in [0.3, 0.4) is 0 Å². The first-order valence-electron chi connectivity index (χ1n) is 6.38. The minimum atomic E-state index is -0.180. The maximum Gasteiger partial charge on any atom is 0.123 e. The molecule has 0 atom stereocenters. The third-order valence-electron chi connectivity index (χ3n) is 2.98. The lowest BCUT2D eigenvalue weighted by atomic mass is 10.2. The molecule has 0 saturated heterocycles. The first-order chi connectivity index (χ1) is 9.81. The van der Waals surface area contributed by atoms with Crippen molar-refractivity contribution >= 4 is 22.7 Å². The second-order valence-corrected chi connectivity index (χ2v) is 6.46. The summed E-state index contributed by atoms with van der Waals surface area (Å²) in [5.41, 5.74) is 2.26. The molecular weight excluding hydrogens is 289 g/mol. The van der Waals surface area contributed by atoms with Crippen molar-refractivity contribution in [1.29, 1.82) is 0 Å². The van der Waals surface area contributed by atoms with E-state index in [4.69, 9.17) is 0 Å². The summed E-state index contributed by atoms with van der Waals surface area (Å²) < 4.78 is 13.1. The van der Waals surface area contributed by atoms with Gasteiger partial charge in [0.15, 0.2) is 0 Å². The Labute approximate surface area is 125 Å². The average Bonchev–Trinajstić information content (AvgIpc) is 3.09. The summed E-state index contributed by atoms with van der Waals surface area (Å²) in [4.78, 5) is 2.60. The number of nitrogens with one attached hydrogen (secondary N) is 1. The Morgan fingerprint density at radius 2 is 1.95 bits per heavy atom. The van der Waals surface area contributed by atoms with Crippen LogP contribution in [0, 0.1) is 5.82 Å². The minimum Gasteiger partial charge on any atom is -0.308 e. The highest BCUT2D eigenvalue weighted by molar-refractivity contribution is 7.14. The number of hydrogen-bond donors (Lipinski definition) is 1. The van der Waals surface area contributed by atoms with Gasteiger partial charge in [-0.2, -0.15) is 0 Å². The molecule has 0 fully saturated rings. The van der Waals surface area contributed by atoms with Crippen LogP contribution in [0.5, 0.6) is 0 Å². The summed E-state index contributed by atoms with van der Waals surface area (Å²) in [7, 11) is 0. The molecule has 0 aliphatic heterocycles. The van der Waals surface area contributed by atoms with Gasteiger partial charge in [0.2, 0.25) is 0 Å². The minimum absolute atomic E-state index is 0.180. The predicted molar refractivity (Wildman–Crippen MR) is 84.6 cm³/mol. The normalized spacial score (nSPS) is 10.8. The van der Waals surface area contributed by atoms with E-state index in [1.54, 1.807) is 34.8 Å². The van der Waals surface area contributed by atoms with Crippen molar-refractivity contribution in [3.05, 3.63) is 69.5 Å². The van der Waals surface area contributed by atoms with Crippen LogP contribution < -0.4 is 5.32 Å². The number of thiophene rings is 2. The van der Waals surface area contributed by atoms with E-state index in [1.165, 1.54) is 21.4 Å². The molecule has 0 radical (unpaired) electrons. The molecule has 2 heterocycles.